The minimum absolute atomic E-state index is 0.0483. The molecule has 0 saturated carbocycles. The van der Waals surface area contributed by atoms with Crippen LogP contribution in [0.4, 0.5) is 0 Å². The Balaban J connectivity index is 2.02. The van der Waals surface area contributed by atoms with E-state index in [2.05, 4.69) is 12.2 Å². The number of hydrogen-bond donors (Lipinski definition) is 1. The summed E-state index contributed by atoms with van der Waals surface area (Å²) >= 11 is 0. The molecule has 1 unspecified atom stereocenters. The van der Waals surface area contributed by atoms with E-state index in [0.717, 1.165) is 25.8 Å². The molecule has 0 aromatic rings. The molecule has 0 amide bonds. The van der Waals surface area contributed by atoms with Crippen LogP contribution in [0.3, 0.4) is 0 Å². The molecule has 1 atom stereocenters. The van der Waals surface area contributed by atoms with Gasteiger partial charge in [0.2, 0.25) is 0 Å². The number of esters is 1. The fourth-order valence-corrected chi connectivity index (χ4v) is 1.52. The normalized spacial score (nSPS) is 21.8. The highest BCUT2D eigenvalue weighted by Crippen LogP contribution is 2.09. The number of carbonyl (C=O) groups excluding carboxylic acids is 1. The second kappa shape index (κ2) is 5.97. The zero-order chi connectivity index (χ0) is 9.52. The molecule has 1 aliphatic heterocycles. The van der Waals surface area contributed by atoms with Crippen molar-refractivity contribution in [3.8, 4) is 0 Å². The van der Waals surface area contributed by atoms with Gasteiger partial charge < -0.3 is 10.1 Å². The minimum Gasteiger partial charge on any atom is -0.466 e. The van der Waals surface area contributed by atoms with E-state index in [9.17, 15) is 4.79 Å². The fraction of sp³-hybridized carbons (Fsp3) is 0.900. The molecule has 76 valence electrons. The SMILES string of the molecule is CCCCOC(=O)CC1CCCN1. The van der Waals surface area contributed by atoms with Gasteiger partial charge in [-0.15, -0.1) is 0 Å². The molecule has 1 heterocycles. The second-order valence-corrected chi connectivity index (χ2v) is 3.57. The molecule has 0 aliphatic carbocycles. The van der Waals surface area contributed by atoms with Gasteiger partial charge in [0.15, 0.2) is 0 Å². The highest BCUT2D eigenvalue weighted by Gasteiger charge is 2.17. The molecule has 0 radical (unpaired) electrons. The monoisotopic (exact) mass is 185 g/mol. The van der Waals surface area contributed by atoms with Crippen LogP contribution in [-0.2, 0) is 9.53 Å². The summed E-state index contributed by atoms with van der Waals surface area (Å²) in [7, 11) is 0. The largest absolute Gasteiger partial charge is 0.466 e. The van der Waals surface area contributed by atoms with Crippen LogP contribution in [0.25, 0.3) is 0 Å². The first-order chi connectivity index (χ1) is 6.33. The van der Waals surface area contributed by atoms with E-state index >= 15 is 0 Å². The summed E-state index contributed by atoms with van der Waals surface area (Å²) < 4.78 is 5.07. The molecule has 1 rings (SSSR count). The molecule has 0 spiro atoms. The van der Waals surface area contributed by atoms with Gasteiger partial charge in [0.25, 0.3) is 0 Å². The van der Waals surface area contributed by atoms with Crippen molar-refractivity contribution in [3.05, 3.63) is 0 Å². The molecule has 1 aliphatic rings. The van der Waals surface area contributed by atoms with Crippen LogP contribution in [0, 0.1) is 0 Å². The number of nitrogens with one attached hydrogen (secondary N) is 1. The average Bonchev–Trinajstić information content (AvgIpc) is 2.57. The molecular formula is C10H19NO2. The van der Waals surface area contributed by atoms with E-state index in [-0.39, 0.29) is 5.97 Å². The Morgan fingerprint density at radius 1 is 1.62 bits per heavy atom. The average molecular weight is 185 g/mol. The molecular weight excluding hydrogens is 166 g/mol. The molecule has 1 saturated heterocycles. The van der Waals surface area contributed by atoms with E-state index < -0.39 is 0 Å². The van der Waals surface area contributed by atoms with Crippen LogP contribution in [0.1, 0.15) is 39.0 Å². The van der Waals surface area contributed by atoms with Crippen LogP contribution in [0.2, 0.25) is 0 Å². The van der Waals surface area contributed by atoms with E-state index in [4.69, 9.17) is 4.74 Å². The van der Waals surface area contributed by atoms with Gasteiger partial charge in [-0.1, -0.05) is 13.3 Å². The number of unbranched alkanes of at least 4 members (excludes halogenated alkanes) is 1. The topological polar surface area (TPSA) is 38.3 Å². The predicted octanol–water partition coefficient (Wildman–Crippen LogP) is 1.47. The Morgan fingerprint density at radius 3 is 3.08 bits per heavy atom. The maximum Gasteiger partial charge on any atom is 0.307 e. The lowest BCUT2D eigenvalue weighted by molar-refractivity contribution is -0.144. The summed E-state index contributed by atoms with van der Waals surface area (Å²) in [5, 5.41) is 3.28. The molecule has 3 heteroatoms. The first-order valence-corrected chi connectivity index (χ1v) is 5.22. The van der Waals surface area contributed by atoms with Crippen molar-refractivity contribution in [2.24, 2.45) is 0 Å². The van der Waals surface area contributed by atoms with Gasteiger partial charge in [0, 0.05) is 6.04 Å². The Morgan fingerprint density at radius 2 is 2.46 bits per heavy atom. The first kappa shape index (κ1) is 10.5. The number of rotatable bonds is 5. The summed E-state index contributed by atoms with van der Waals surface area (Å²) in [5.41, 5.74) is 0. The van der Waals surface area contributed by atoms with Crippen molar-refractivity contribution in [2.45, 2.75) is 45.1 Å². The standard InChI is InChI=1S/C10H19NO2/c1-2-3-7-13-10(12)8-9-5-4-6-11-9/h9,11H,2-8H2,1H3. The first-order valence-electron chi connectivity index (χ1n) is 5.22. The third-order valence-electron chi connectivity index (χ3n) is 2.34. The van der Waals surface area contributed by atoms with Gasteiger partial charge >= 0.3 is 5.97 Å². The smallest absolute Gasteiger partial charge is 0.307 e. The van der Waals surface area contributed by atoms with Crippen molar-refractivity contribution in [1.82, 2.24) is 5.32 Å². The molecule has 0 aromatic heterocycles. The Hall–Kier alpha value is -0.570. The Labute approximate surface area is 79.8 Å². The van der Waals surface area contributed by atoms with Crippen molar-refractivity contribution in [2.75, 3.05) is 13.2 Å². The van der Waals surface area contributed by atoms with Gasteiger partial charge in [-0.25, -0.2) is 0 Å². The number of hydrogen-bond acceptors (Lipinski definition) is 3. The highest BCUT2D eigenvalue weighted by atomic mass is 16.5. The van der Waals surface area contributed by atoms with Gasteiger partial charge in [0.05, 0.1) is 13.0 Å². The minimum atomic E-state index is -0.0483. The van der Waals surface area contributed by atoms with Crippen LogP contribution >= 0.6 is 0 Å². The van der Waals surface area contributed by atoms with E-state index in [1.165, 1.54) is 6.42 Å². The summed E-state index contributed by atoms with van der Waals surface area (Å²) in [6, 6.07) is 0.370. The van der Waals surface area contributed by atoms with E-state index in [1.807, 2.05) is 0 Å². The molecule has 13 heavy (non-hydrogen) atoms. The second-order valence-electron chi connectivity index (χ2n) is 3.57. The summed E-state index contributed by atoms with van der Waals surface area (Å²) in [4.78, 5) is 11.2. The van der Waals surface area contributed by atoms with Crippen LogP contribution in [0.5, 0.6) is 0 Å². The van der Waals surface area contributed by atoms with Gasteiger partial charge in [-0.3, -0.25) is 4.79 Å². The van der Waals surface area contributed by atoms with Crippen LogP contribution < -0.4 is 5.32 Å². The van der Waals surface area contributed by atoms with Crippen LogP contribution in [-0.4, -0.2) is 25.2 Å². The molecule has 1 fully saturated rings. The summed E-state index contributed by atoms with van der Waals surface area (Å²) in [6.07, 6.45) is 4.90. The summed E-state index contributed by atoms with van der Waals surface area (Å²) in [6.45, 7) is 3.72. The summed E-state index contributed by atoms with van der Waals surface area (Å²) in [5.74, 6) is -0.0483. The zero-order valence-corrected chi connectivity index (χ0v) is 8.34. The van der Waals surface area contributed by atoms with Crippen molar-refractivity contribution in [3.63, 3.8) is 0 Å². The predicted molar refractivity (Wildman–Crippen MR) is 51.5 cm³/mol. The fourth-order valence-electron chi connectivity index (χ4n) is 1.52. The lowest BCUT2D eigenvalue weighted by Gasteiger charge is -2.09. The highest BCUT2D eigenvalue weighted by molar-refractivity contribution is 5.70. The number of ether oxygens (including phenoxy) is 1. The van der Waals surface area contributed by atoms with Gasteiger partial charge in [-0.2, -0.15) is 0 Å². The number of carbonyl (C=O) groups is 1. The van der Waals surface area contributed by atoms with Crippen molar-refractivity contribution >= 4 is 5.97 Å². The van der Waals surface area contributed by atoms with Gasteiger partial charge in [0.1, 0.15) is 0 Å². The van der Waals surface area contributed by atoms with Crippen LogP contribution in [0.15, 0.2) is 0 Å². The third-order valence-corrected chi connectivity index (χ3v) is 2.34. The maximum absolute atomic E-state index is 11.2. The zero-order valence-electron chi connectivity index (χ0n) is 8.34. The van der Waals surface area contributed by atoms with E-state index in [0.29, 0.717) is 19.1 Å². The molecule has 3 nitrogen and oxygen atoms in total. The van der Waals surface area contributed by atoms with Gasteiger partial charge in [-0.05, 0) is 25.8 Å². The van der Waals surface area contributed by atoms with Crippen molar-refractivity contribution in [1.29, 1.82) is 0 Å². The maximum atomic E-state index is 11.2. The Kier molecular flexibility index (Phi) is 4.83. The Bertz CT molecular complexity index is 153. The van der Waals surface area contributed by atoms with Crippen molar-refractivity contribution < 1.29 is 9.53 Å². The quantitative estimate of drug-likeness (QED) is 0.520. The third kappa shape index (κ3) is 4.27. The molecule has 0 bridgehead atoms. The lowest BCUT2D eigenvalue weighted by Crippen LogP contribution is -2.25. The van der Waals surface area contributed by atoms with E-state index in [1.54, 1.807) is 0 Å². The molecule has 0 aromatic carbocycles. The lowest BCUT2D eigenvalue weighted by atomic mass is 10.2. The molecule has 1 N–H and O–H groups in total.